The van der Waals surface area contributed by atoms with Gasteiger partial charge in [0.1, 0.15) is 11.3 Å². The van der Waals surface area contributed by atoms with Crippen LogP contribution in [0, 0.1) is 18.6 Å². The van der Waals surface area contributed by atoms with Gasteiger partial charge in [0.25, 0.3) is 10.0 Å². The molecular formula is C17H15F2NO2S. The van der Waals surface area contributed by atoms with Crippen molar-refractivity contribution in [3.8, 4) is 0 Å². The number of aryl methyl sites for hydroxylation is 2. The average Bonchev–Trinajstić information content (AvgIpc) is 2.87. The molecule has 0 saturated carbocycles. The van der Waals surface area contributed by atoms with Gasteiger partial charge in [0, 0.05) is 17.6 Å². The molecule has 0 N–H and O–H groups in total. The molecule has 0 amide bonds. The summed E-state index contributed by atoms with van der Waals surface area (Å²) in [6.07, 6.45) is 1.83. The van der Waals surface area contributed by atoms with Crippen LogP contribution in [0.5, 0.6) is 0 Å². The van der Waals surface area contributed by atoms with Crippen molar-refractivity contribution in [2.45, 2.75) is 25.2 Å². The minimum Gasteiger partial charge on any atom is -0.238 e. The molecule has 3 aromatic rings. The second kappa shape index (κ2) is 5.45. The molecule has 0 bridgehead atoms. The predicted molar refractivity (Wildman–Crippen MR) is 85.0 cm³/mol. The molecule has 1 heterocycles. The van der Waals surface area contributed by atoms with E-state index in [0.29, 0.717) is 18.1 Å². The Kier molecular flexibility index (Phi) is 3.72. The van der Waals surface area contributed by atoms with Gasteiger partial charge in [0.2, 0.25) is 0 Å². The first kappa shape index (κ1) is 15.7. The van der Waals surface area contributed by atoms with Crippen molar-refractivity contribution in [3.63, 3.8) is 0 Å². The fourth-order valence-electron chi connectivity index (χ4n) is 2.61. The number of aromatic nitrogens is 1. The molecule has 3 rings (SSSR count). The largest absolute Gasteiger partial charge is 0.268 e. The van der Waals surface area contributed by atoms with Gasteiger partial charge >= 0.3 is 0 Å². The highest BCUT2D eigenvalue weighted by Crippen LogP contribution is 2.29. The summed E-state index contributed by atoms with van der Waals surface area (Å²) in [5.74, 6) is -1.62. The molecule has 1 aromatic heterocycles. The van der Waals surface area contributed by atoms with E-state index in [2.05, 4.69) is 0 Å². The first-order chi connectivity index (χ1) is 10.8. The van der Waals surface area contributed by atoms with E-state index in [4.69, 9.17) is 0 Å². The topological polar surface area (TPSA) is 39.1 Å². The maximum Gasteiger partial charge on any atom is 0.268 e. The third-order valence-corrected chi connectivity index (χ3v) is 5.50. The van der Waals surface area contributed by atoms with Crippen LogP contribution >= 0.6 is 0 Å². The van der Waals surface area contributed by atoms with Crippen molar-refractivity contribution in [3.05, 3.63) is 65.4 Å². The molecule has 23 heavy (non-hydrogen) atoms. The molecule has 2 aromatic carbocycles. The fourth-order valence-corrected chi connectivity index (χ4v) is 4.00. The van der Waals surface area contributed by atoms with E-state index in [1.165, 1.54) is 24.4 Å². The number of hydrogen-bond donors (Lipinski definition) is 0. The van der Waals surface area contributed by atoms with Crippen LogP contribution in [-0.2, 0) is 16.4 Å². The van der Waals surface area contributed by atoms with Gasteiger partial charge in [-0.1, -0.05) is 24.6 Å². The Morgan fingerprint density at radius 2 is 1.74 bits per heavy atom. The highest BCUT2D eigenvalue weighted by Gasteiger charge is 2.23. The van der Waals surface area contributed by atoms with Gasteiger partial charge in [0.15, 0.2) is 5.82 Å². The van der Waals surface area contributed by atoms with Crippen LogP contribution in [0.1, 0.15) is 18.1 Å². The Morgan fingerprint density at radius 3 is 2.35 bits per heavy atom. The molecule has 0 fully saturated rings. The van der Waals surface area contributed by atoms with Crippen LogP contribution in [0.4, 0.5) is 8.78 Å². The molecule has 0 saturated heterocycles. The van der Waals surface area contributed by atoms with E-state index in [-0.39, 0.29) is 15.8 Å². The SMILES string of the molecule is CCc1cn(S(=O)(=O)c2ccc(C)cc2)c2c(F)cc(F)cc12. The van der Waals surface area contributed by atoms with E-state index in [9.17, 15) is 17.2 Å². The standard InChI is InChI=1S/C17H15F2NO2S/c1-3-12-10-20(17-15(12)8-13(18)9-16(17)19)23(21,22)14-6-4-11(2)5-7-14/h4-10H,3H2,1-2H3. The lowest BCUT2D eigenvalue weighted by atomic mass is 10.1. The molecule has 0 aliphatic carbocycles. The second-order valence-electron chi connectivity index (χ2n) is 5.41. The van der Waals surface area contributed by atoms with E-state index < -0.39 is 21.7 Å². The predicted octanol–water partition coefficient (Wildman–Crippen LogP) is 4.03. The van der Waals surface area contributed by atoms with E-state index in [0.717, 1.165) is 9.54 Å². The fraction of sp³-hybridized carbons (Fsp3) is 0.176. The van der Waals surface area contributed by atoms with Crippen LogP contribution in [0.15, 0.2) is 47.5 Å². The molecule has 0 aliphatic rings. The quantitative estimate of drug-likeness (QED) is 0.725. The molecule has 120 valence electrons. The summed E-state index contributed by atoms with van der Waals surface area (Å²) in [5.41, 5.74) is 1.38. The van der Waals surface area contributed by atoms with Crippen molar-refractivity contribution in [1.29, 1.82) is 0 Å². The third-order valence-electron chi connectivity index (χ3n) is 3.83. The van der Waals surface area contributed by atoms with E-state index >= 15 is 0 Å². The van der Waals surface area contributed by atoms with Gasteiger partial charge in [-0.2, -0.15) is 0 Å². The minimum atomic E-state index is -3.95. The Balaban J connectivity index is 2.33. The lowest BCUT2D eigenvalue weighted by Gasteiger charge is -2.08. The summed E-state index contributed by atoms with van der Waals surface area (Å²) < 4.78 is 54.3. The number of nitrogens with zero attached hydrogens (tertiary/aromatic N) is 1. The Labute approximate surface area is 133 Å². The van der Waals surface area contributed by atoms with Gasteiger partial charge in [-0.05, 0) is 37.1 Å². The van der Waals surface area contributed by atoms with Gasteiger partial charge < -0.3 is 0 Å². The Morgan fingerprint density at radius 1 is 1.09 bits per heavy atom. The monoisotopic (exact) mass is 335 g/mol. The van der Waals surface area contributed by atoms with Crippen LogP contribution in [0.3, 0.4) is 0 Å². The smallest absolute Gasteiger partial charge is 0.238 e. The second-order valence-corrected chi connectivity index (χ2v) is 7.22. The number of benzene rings is 2. The normalized spacial score (nSPS) is 12.0. The molecule has 0 spiro atoms. The number of hydrogen-bond acceptors (Lipinski definition) is 2. The Bertz CT molecular complexity index is 990. The number of rotatable bonds is 3. The lowest BCUT2D eigenvalue weighted by molar-refractivity contribution is 0.579. The molecule has 0 unspecified atom stereocenters. The zero-order chi connectivity index (χ0) is 16.8. The van der Waals surface area contributed by atoms with E-state index in [1.807, 2.05) is 6.92 Å². The lowest BCUT2D eigenvalue weighted by Crippen LogP contribution is -2.12. The van der Waals surface area contributed by atoms with Gasteiger partial charge in [0.05, 0.1) is 4.90 Å². The molecule has 0 radical (unpaired) electrons. The zero-order valence-electron chi connectivity index (χ0n) is 12.7. The zero-order valence-corrected chi connectivity index (χ0v) is 13.5. The van der Waals surface area contributed by atoms with Gasteiger partial charge in [-0.15, -0.1) is 0 Å². The Hall–Kier alpha value is -2.21. The summed E-state index contributed by atoms with van der Waals surface area (Å²) in [7, 11) is -3.95. The van der Waals surface area contributed by atoms with Crippen molar-refractivity contribution in [2.24, 2.45) is 0 Å². The van der Waals surface area contributed by atoms with Crippen LogP contribution in [-0.4, -0.2) is 12.4 Å². The van der Waals surface area contributed by atoms with Crippen molar-refractivity contribution in [2.75, 3.05) is 0 Å². The summed E-state index contributed by atoms with van der Waals surface area (Å²) in [5, 5.41) is 0.278. The molecule has 3 nitrogen and oxygen atoms in total. The maximum atomic E-state index is 14.2. The first-order valence-electron chi connectivity index (χ1n) is 7.16. The summed E-state index contributed by atoms with van der Waals surface area (Å²) in [6, 6.07) is 8.17. The molecule has 6 heteroatoms. The number of halogens is 2. The summed E-state index contributed by atoms with van der Waals surface area (Å²) in [6.45, 7) is 3.65. The third kappa shape index (κ3) is 2.53. The van der Waals surface area contributed by atoms with Crippen molar-refractivity contribution in [1.82, 2.24) is 3.97 Å². The minimum absolute atomic E-state index is 0.0615. The molecule has 0 aliphatic heterocycles. The first-order valence-corrected chi connectivity index (χ1v) is 8.60. The van der Waals surface area contributed by atoms with Crippen molar-refractivity contribution < 1.29 is 17.2 Å². The average molecular weight is 335 g/mol. The molecular weight excluding hydrogens is 320 g/mol. The summed E-state index contributed by atoms with van der Waals surface area (Å²) >= 11 is 0. The van der Waals surface area contributed by atoms with Crippen molar-refractivity contribution >= 4 is 20.9 Å². The molecule has 0 atom stereocenters. The van der Waals surface area contributed by atoms with Gasteiger partial charge in [-0.25, -0.2) is 21.2 Å². The van der Waals surface area contributed by atoms with Gasteiger partial charge in [-0.3, -0.25) is 0 Å². The van der Waals surface area contributed by atoms with Crippen LogP contribution in [0.2, 0.25) is 0 Å². The summed E-state index contributed by atoms with van der Waals surface area (Å²) in [4.78, 5) is 0.0615. The highest BCUT2D eigenvalue weighted by molar-refractivity contribution is 7.90. The van der Waals surface area contributed by atoms with Crippen LogP contribution in [0.25, 0.3) is 10.9 Å². The van der Waals surface area contributed by atoms with E-state index in [1.54, 1.807) is 19.1 Å². The highest BCUT2D eigenvalue weighted by atomic mass is 32.2. The maximum absolute atomic E-state index is 14.2. The number of fused-ring (bicyclic) bond motifs is 1. The van der Waals surface area contributed by atoms with Crippen LogP contribution < -0.4 is 0 Å².